The van der Waals surface area contributed by atoms with E-state index in [2.05, 4.69) is 10.2 Å². The Bertz CT molecular complexity index is 912. The molecular formula is C20H19N3O. The molecule has 120 valence electrons. The SMILES string of the molecule is CC(=O)c1ccc2cc(N=Nc3ccc(N(C)C)cc3)ccc2c1. The van der Waals surface area contributed by atoms with Crippen LogP contribution in [0.2, 0.25) is 0 Å². The van der Waals surface area contributed by atoms with Gasteiger partial charge in [0.25, 0.3) is 0 Å². The number of benzene rings is 3. The Balaban J connectivity index is 1.84. The van der Waals surface area contributed by atoms with Gasteiger partial charge in [-0.25, -0.2) is 0 Å². The van der Waals surface area contributed by atoms with E-state index in [9.17, 15) is 4.79 Å². The average molecular weight is 317 g/mol. The van der Waals surface area contributed by atoms with Crippen LogP contribution in [0.25, 0.3) is 10.8 Å². The first-order chi connectivity index (χ1) is 11.5. The number of nitrogens with zero attached hydrogens (tertiary/aromatic N) is 3. The maximum Gasteiger partial charge on any atom is 0.159 e. The van der Waals surface area contributed by atoms with Gasteiger partial charge in [0, 0.05) is 25.3 Å². The lowest BCUT2D eigenvalue weighted by molar-refractivity contribution is 0.101. The number of carbonyl (C=O) groups excluding carboxylic acids is 1. The second kappa shape index (κ2) is 6.62. The molecule has 0 atom stereocenters. The van der Waals surface area contributed by atoms with Crippen LogP contribution in [-0.4, -0.2) is 19.9 Å². The van der Waals surface area contributed by atoms with Crippen LogP contribution in [0.1, 0.15) is 17.3 Å². The van der Waals surface area contributed by atoms with Crippen molar-refractivity contribution in [2.75, 3.05) is 19.0 Å². The molecule has 0 saturated carbocycles. The molecule has 0 amide bonds. The second-order valence-electron chi connectivity index (χ2n) is 5.91. The van der Waals surface area contributed by atoms with Crippen molar-refractivity contribution in [2.24, 2.45) is 10.2 Å². The summed E-state index contributed by atoms with van der Waals surface area (Å²) < 4.78 is 0. The number of rotatable bonds is 4. The van der Waals surface area contributed by atoms with Gasteiger partial charge in [-0.3, -0.25) is 4.79 Å². The van der Waals surface area contributed by atoms with Crippen LogP contribution in [0, 0.1) is 0 Å². The van der Waals surface area contributed by atoms with E-state index >= 15 is 0 Å². The van der Waals surface area contributed by atoms with E-state index in [4.69, 9.17) is 0 Å². The minimum absolute atomic E-state index is 0.0711. The summed E-state index contributed by atoms with van der Waals surface area (Å²) in [5.74, 6) is 0.0711. The van der Waals surface area contributed by atoms with Crippen LogP contribution in [0.4, 0.5) is 17.1 Å². The van der Waals surface area contributed by atoms with Gasteiger partial charge < -0.3 is 4.90 Å². The lowest BCUT2D eigenvalue weighted by Gasteiger charge is -2.11. The fraction of sp³-hybridized carbons (Fsp3) is 0.150. The van der Waals surface area contributed by atoms with Crippen molar-refractivity contribution in [2.45, 2.75) is 6.92 Å². The maximum absolute atomic E-state index is 11.4. The first-order valence-corrected chi connectivity index (χ1v) is 7.77. The highest BCUT2D eigenvalue weighted by Gasteiger charge is 2.02. The van der Waals surface area contributed by atoms with Crippen LogP contribution < -0.4 is 4.90 Å². The number of carbonyl (C=O) groups is 1. The molecule has 4 heteroatoms. The summed E-state index contributed by atoms with van der Waals surface area (Å²) in [6.45, 7) is 1.57. The number of ketones is 1. The van der Waals surface area contributed by atoms with Gasteiger partial charge in [0.1, 0.15) is 0 Å². The van der Waals surface area contributed by atoms with Crippen molar-refractivity contribution in [3.05, 3.63) is 66.2 Å². The molecule has 0 N–H and O–H groups in total. The van der Waals surface area contributed by atoms with E-state index in [1.807, 2.05) is 79.7 Å². The van der Waals surface area contributed by atoms with E-state index in [1.165, 1.54) is 0 Å². The molecule has 3 rings (SSSR count). The quantitative estimate of drug-likeness (QED) is 0.469. The van der Waals surface area contributed by atoms with Gasteiger partial charge >= 0.3 is 0 Å². The van der Waals surface area contributed by atoms with Crippen LogP contribution in [-0.2, 0) is 0 Å². The van der Waals surface area contributed by atoms with E-state index in [0.717, 1.165) is 33.4 Å². The van der Waals surface area contributed by atoms with Crippen LogP contribution in [0.3, 0.4) is 0 Å². The molecule has 0 bridgehead atoms. The molecule has 24 heavy (non-hydrogen) atoms. The largest absolute Gasteiger partial charge is 0.378 e. The van der Waals surface area contributed by atoms with Crippen LogP contribution in [0.5, 0.6) is 0 Å². The fourth-order valence-corrected chi connectivity index (χ4v) is 2.45. The summed E-state index contributed by atoms with van der Waals surface area (Å²) >= 11 is 0. The van der Waals surface area contributed by atoms with E-state index in [0.29, 0.717) is 0 Å². The minimum atomic E-state index is 0.0711. The topological polar surface area (TPSA) is 45.0 Å². The van der Waals surface area contributed by atoms with Crippen molar-refractivity contribution in [1.82, 2.24) is 0 Å². The predicted octanol–water partition coefficient (Wildman–Crippen LogP) is 5.52. The van der Waals surface area contributed by atoms with Gasteiger partial charge in [-0.1, -0.05) is 18.2 Å². The number of fused-ring (bicyclic) bond motifs is 1. The molecule has 0 saturated heterocycles. The Morgan fingerprint density at radius 3 is 2.04 bits per heavy atom. The summed E-state index contributed by atoms with van der Waals surface area (Å²) in [6.07, 6.45) is 0. The Kier molecular flexibility index (Phi) is 4.38. The zero-order valence-corrected chi connectivity index (χ0v) is 14.0. The first kappa shape index (κ1) is 15.9. The molecule has 0 heterocycles. The molecule has 0 aliphatic rings. The molecule has 0 spiro atoms. The first-order valence-electron chi connectivity index (χ1n) is 7.77. The highest BCUT2D eigenvalue weighted by Crippen LogP contribution is 2.25. The average Bonchev–Trinajstić information content (AvgIpc) is 2.59. The molecule has 0 radical (unpaired) electrons. The summed E-state index contributed by atoms with van der Waals surface area (Å²) in [5.41, 5.74) is 3.45. The Morgan fingerprint density at radius 1 is 0.792 bits per heavy atom. The van der Waals surface area contributed by atoms with Gasteiger partial charge in [0.2, 0.25) is 0 Å². The van der Waals surface area contributed by atoms with Crippen molar-refractivity contribution in [1.29, 1.82) is 0 Å². The van der Waals surface area contributed by atoms with Gasteiger partial charge in [-0.2, -0.15) is 10.2 Å². The van der Waals surface area contributed by atoms with Gasteiger partial charge in [0.05, 0.1) is 11.4 Å². The number of anilines is 1. The third-order valence-electron chi connectivity index (χ3n) is 3.88. The van der Waals surface area contributed by atoms with E-state index < -0.39 is 0 Å². The highest BCUT2D eigenvalue weighted by molar-refractivity contribution is 5.98. The number of azo groups is 1. The smallest absolute Gasteiger partial charge is 0.159 e. The third kappa shape index (κ3) is 3.49. The van der Waals surface area contributed by atoms with Crippen molar-refractivity contribution < 1.29 is 4.79 Å². The summed E-state index contributed by atoms with van der Waals surface area (Å²) in [7, 11) is 4.01. The van der Waals surface area contributed by atoms with Crippen molar-refractivity contribution >= 4 is 33.6 Å². The number of hydrogen-bond donors (Lipinski definition) is 0. The zero-order valence-electron chi connectivity index (χ0n) is 14.0. The Morgan fingerprint density at radius 2 is 1.38 bits per heavy atom. The third-order valence-corrected chi connectivity index (χ3v) is 3.88. The van der Waals surface area contributed by atoms with Gasteiger partial charge in [-0.05, 0) is 60.2 Å². The number of hydrogen-bond acceptors (Lipinski definition) is 4. The van der Waals surface area contributed by atoms with E-state index in [1.54, 1.807) is 6.92 Å². The van der Waals surface area contributed by atoms with Crippen LogP contribution >= 0.6 is 0 Å². The monoisotopic (exact) mass is 317 g/mol. The maximum atomic E-state index is 11.4. The molecule has 3 aromatic rings. The van der Waals surface area contributed by atoms with Gasteiger partial charge in [-0.15, -0.1) is 0 Å². The standard InChI is InChI=1S/C20H19N3O/c1-14(24)15-4-5-17-13-19(7-6-16(17)12-15)22-21-18-8-10-20(11-9-18)23(2)3/h4-13H,1-3H3. The van der Waals surface area contributed by atoms with Gasteiger partial charge in [0.15, 0.2) is 5.78 Å². The fourth-order valence-electron chi connectivity index (χ4n) is 2.45. The Labute approximate surface area is 141 Å². The molecule has 4 nitrogen and oxygen atoms in total. The lowest BCUT2D eigenvalue weighted by atomic mass is 10.0. The predicted molar refractivity (Wildman–Crippen MR) is 98.9 cm³/mol. The normalized spacial score (nSPS) is 11.1. The molecule has 0 fully saturated rings. The molecule has 0 aliphatic heterocycles. The molecular weight excluding hydrogens is 298 g/mol. The molecule has 3 aromatic carbocycles. The van der Waals surface area contributed by atoms with Crippen LogP contribution in [0.15, 0.2) is 70.9 Å². The summed E-state index contributed by atoms with van der Waals surface area (Å²) in [5, 5.41) is 10.7. The molecule has 0 aliphatic carbocycles. The molecule has 0 aromatic heterocycles. The van der Waals surface area contributed by atoms with E-state index in [-0.39, 0.29) is 5.78 Å². The highest BCUT2D eigenvalue weighted by atomic mass is 16.1. The zero-order chi connectivity index (χ0) is 17.1. The lowest BCUT2D eigenvalue weighted by Crippen LogP contribution is -2.07. The molecule has 0 unspecified atom stereocenters. The van der Waals surface area contributed by atoms with Crippen molar-refractivity contribution in [3.8, 4) is 0 Å². The summed E-state index contributed by atoms with van der Waals surface area (Å²) in [6, 6.07) is 19.4. The minimum Gasteiger partial charge on any atom is -0.378 e. The van der Waals surface area contributed by atoms with Crippen molar-refractivity contribution in [3.63, 3.8) is 0 Å². The second-order valence-corrected chi connectivity index (χ2v) is 5.91. The number of Topliss-reactive ketones (excluding diaryl/α,β-unsaturated/α-hetero) is 1. The summed E-state index contributed by atoms with van der Waals surface area (Å²) in [4.78, 5) is 13.5. The Hall–Kier alpha value is -3.01.